The van der Waals surface area contributed by atoms with Gasteiger partial charge in [0.2, 0.25) is 10.0 Å². The fourth-order valence-corrected chi connectivity index (χ4v) is 3.35. The van der Waals surface area contributed by atoms with Gasteiger partial charge < -0.3 is 0 Å². The normalized spacial score (nSPS) is 16.1. The van der Waals surface area contributed by atoms with E-state index in [4.69, 9.17) is 0 Å². The number of aromatic nitrogens is 6. The molecule has 142 valence electrons. The van der Waals surface area contributed by atoms with E-state index in [0.717, 1.165) is 23.8 Å². The molecule has 0 spiro atoms. The predicted molar refractivity (Wildman–Crippen MR) is 97.0 cm³/mol. The van der Waals surface area contributed by atoms with Gasteiger partial charge >= 0.3 is 0 Å². The standard InChI is InChI=1S/C15H17N7O4S/c1-8(7-16-27(2,25)26)21-14(23)10-5-13-11(6-12(10)17-19-21)15(24)22(20-18-13)9-3-4-9/h5-6,8-9,16H,3-4,7H2,1-2H3/t8-/m1/s1. The van der Waals surface area contributed by atoms with Gasteiger partial charge in [-0.15, -0.1) is 10.2 Å². The second-order valence-electron chi connectivity index (χ2n) is 6.77. The molecular weight excluding hydrogens is 374 g/mol. The van der Waals surface area contributed by atoms with Crippen LogP contribution >= 0.6 is 0 Å². The summed E-state index contributed by atoms with van der Waals surface area (Å²) in [6.07, 6.45) is 2.84. The summed E-state index contributed by atoms with van der Waals surface area (Å²) < 4.78 is 27.3. The zero-order valence-electron chi connectivity index (χ0n) is 14.7. The van der Waals surface area contributed by atoms with E-state index in [1.807, 2.05) is 0 Å². The minimum absolute atomic E-state index is 0.00158. The van der Waals surface area contributed by atoms with Gasteiger partial charge in [0.05, 0.1) is 29.1 Å². The van der Waals surface area contributed by atoms with E-state index in [1.165, 1.54) is 16.8 Å². The summed E-state index contributed by atoms with van der Waals surface area (Å²) in [5.74, 6) is 0. The lowest BCUT2D eigenvalue weighted by Gasteiger charge is -2.13. The van der Waals surface area contributed by atoms with Gasteiger partial charge in [-0.05, 0) is 31.9 Å². The molecule has 0 saturated heterocycles. The predicted octanol–water partition coefficient (Wildman–Crippen LogP) is -0.658. The third-order valence-corrected chi connectivity index (χ3v) is 5.13. The van der Waals surface area contributed by atoms with E-state index in [0.29, 0.717) is 10.9 Å². The van der Waals surface area contributed by atoms with Gasteiger partial charge in [0.25, 0.3) is 11.1 Å². The van der Waals surface area contributed by atoms with Gasteiger partial charge in [-0.2, -0.15) is 0 Å². The number of hydrogen-bond donors (Lipinski definition) is 1. The van der Waals surface area contributed by atoms with Crippen LogP contribution in [-0.4, -0.2) is 51.2 Å². The highest BCUT2D eigenvalue weighted by molar-refractivity contribution is 7.88. The average molecular weight is 391 g/mol. The van der Waals surface area contributed by atoms with Gasteiger partial charge in [-0.3, -0.25) is 9.59 Å². The smallest absolute Gasteiger partial charge is 0.267 e. The van der Waals surface area contributed by atoms with Crippen molar-refractivity contribution in [3.05, 3.63) is 32.8 Å². The molecule has 0 aliphatic heterocycles. The van der Waals surface area contributed by atoms with Crippen molar-refractivity contribution in [3.8, 4) is 0 Å². The van der Waals surface area contributed by atoms with Crippen LogP contribution in [0.2, 0.25) is 0 Å². The molecule has 1 N–H and O–H groups in total. The summed E-state index contributed by atoms with van der Waals surface area (Å²) in [5.41, 5.74) is -0.124. The lowest BCUT2D eigenvalue weighted by molar-refractivity contribution is 0.443. The number of benzene rings is 1. The Morgan fingerprint density at radius 1 is 1.11 bits per heavy atom. The minimum atomic E-state index is -3.39. The third-order valence-electron chi connectivity index (χ3n) is 4.44. The van der Waals surface area contributed by atoms with Crippen molar-refractivity contribution >= 4 is 31.8 Å². The zero-order chi connectivity index (χ0) is 19.3. The van der Waals surface area contributed by atoms with Crippen LogP contribution in [0.3, 0.4) is 0 Å². The molecule has 0 unspecified atom stereocenters. The quantitative estimate of drug-likeness (QED) is 0.565. The third kappa shape index (κ3) is 3.32. The van der Waals surface area contributed by atoms with Crippen molar-refractivity contribution in [2.24, 2.45) is 0 Å². The Morgan fingerprint density at radius 3 is 2.30 bits per heavy atom. The van der Waals surface area contributed by atoms with Crippen molar-refractivity contribution in [2.75, 3.05) is 12.8 Å². The van der Waals surface area contributed by atoms with Crippen molar-refractivity contribution in [2.45, 2.75) is 31.8 Å². The Morgan fingerprint density at radius 2 is 1.70 bits per heavy atom. The lowest BCUT2D eigenvalue weighted by Crippen LogP contribution is -2.35. The molecule has 1 aromatic carbocycles. The Hall–Kier alpha value is -2.73. The van der Waals surface area contributed by atoms with Crippen molar-refractivity contribution in [1.82, 2.24) is 34.7 Å². The Balaban J connectivity index is 1.81. The number of rotatable bonds is 5. The molecule has 12 heteroatoms. The van der Waals surface area contributed by atoms with Gasteiger partial charge in [-0.25, -0.2) is 22.5 Å². The topological polar surface area (TPSA) is 142 Å². The maximum atomic E-state index is 12.8. The molecule has 3 aromatic rings. The molecular formula is C15H17N7O4S. The molecule has 1 saturated carbocycles. The van der Waals surface area contributed by atoms with E-state index in [9.17, 15) is 18.0 Å². The van der Waals surface area contributed by atoms with Crippen molar-refractivity contribution < 1.29 is 8.42 Å². The summed E-state index contributed by atoms with van der Waals surface area (Å²) in [6, 6.07) is 2.51. The highest BCUT2D eigenvalue weighted by Gasteiger charge is 2.27. The van der Waals surface area contributed by atoms with Crippen LogP contribution < -0.4 is 15.8 Å². The van der Waals surface area contributed by atoms with Crippen LogP contribution in [0.5, 0.6) is 0 Å². The monoisotopic (exact) mass is 391 g/mol. The highest BCUT2D eigenvalue weighted by Crippen LogP contribution is 2.32. The second-order valence-corrected chi connectivity index (χ2v) is 8.60. The molecule has 27 heavy (non-hydrogen) atoms. The Kier molecular flexibility index (Phi) is 4.03. The average Bonchev–Trinajstić information content (AvgIpc) is 3.44. The molecule has 2 aromatic heterocycles. The largest absolute Gasteiger partial charge is 0.277 e. The van der Waals surface area contributed by atoms with Crippen molar-refractivity contribution in [1.29, 1.82) is 0 Å². The van der Waals surface area contributed by atoms with E-state index in [2.05, 4.69) is 25.3 Å². The van der Waals surface area contributed by atoms with Crippen LogP contribution in [0.4, 0.5) is 0 Å². The van der Waals surface area contributed by atoms with E-state index >= 15 is 0 Å². The van der Waals surface area contributed by atoms with Crippen LogP contribution in [0.25, 0.3) is 21.8 Å². The van der Waals surface area contributed by atoms with E-state index in [1.54, 1.807) is 6.92 Å². The maximum absolute atomic E-state index is 12.8. The summed E-state index contributed by atoms with van der Waals surface area (Å²) in [5, 5.41) is 16.5. The first kappa shape index (κ1) is 17.7. The number of fused-ring (bicyclic) bond motifs is 2. The van der Waals surface area contributed by atoms with Gasteiger partial charge in [0.15, 0.2) is 0 Å². The molecule has 0 bridgehead atoms. The Bertz CT molecular complexity index is 1280. The first-order valence-electron chi connectivity index (χ1n) is 8.38. The Labute approximate surface area is 153 Å². The molecule has 2 heterocycles. The van der Waals surface area contributed by atoms with Gasteiger partial charge in [0.1, 0.15) is 11.0 Å². The number of hydrogen-bond acceptors (Lipinski definition) is 8. The summed E-state index contributed by atoms with van der Waals surface area (Å²) in [4.78, 5) is 25.3. The molecule has 1 aliphatic carbocycles. The summed E-state index contributed by atoms with van der Waals surface area (Å²) in [6.45, 7) is 1.65. The maximum Gasteiger partial charge on any atom is 0.277 e. The molecule has 1 aliphatic rings. The molecule has 1 atom stereocenters. The van der Waals surface area contributed by atoms with Crippen LogP contribution in [0.15, 0.2) is 21.7 Å². The van der Waals surface area contributed by atoms with Crippen LogP contribution in [0.1, 0.15) is 31.8 Å². The fourth-order valence-electron chi connectivity index (χ4n) is 2.81. The van der Waals surface area contributed by atoms with Crippen molar-refractivity contribution in [3.63, 3.8) is 0 Å². The lowest BCUT2D eigenvalue weighted by atomic mass is 10.2. The van der Waals surface area contributed by atoms with E-state index < -0.39 is 21.6 Å². The first-order valence-corrected chi connectivity index (χ1v) is 10.3. The number of sulfonamides is 1. The van der Waals surface area contributed by atoms with Gasteiger partial charge in [0, 0.05) is 6.54 Å². The summed E-state index contributed by atoms with van der Waals surface area (Å²) >= 11 is 0. The molecule has 11 nitrogen and oxygen atoms in total. The van der Waals surface area contributed by atoms with E-state index in [-0.39, 0.29) is 29.0 Å². The number of nitrogens with zero attached hydrogens (tertiary/aromatic N) is 6. The summed E-state index contributed by atoms with van der Waals surface area (Å²) in [7, 11) is -3.39. The van der Waals surface area contributed by atoms with Gasteiger partial charge in [-0.1, -0.05) is 10.4 Å². The fraction of sp³-hybridized carbons (Fsp3) is 0.467. The SMILES string of the molecule is C[C@H](CNS(C)(=O)=O)n1nnc2cc3c(=O)n(C4CC4)nnc3cc2c1=O. The molecule has 4 rings (SSSR count). The number of nitrogens with one attached hydrogen (secondary N) is 1. The molecule has 0 amide bonds. The first-order chi connectivity index (χ1) is 12.7. The molecule has 1 fully saturated rings. The zero-order valence-corrected chi connectivity index (χ0v) is 15.5. The minimum Gasteiger partial charge on any atom is -0.267 e. The second kappa shape index (κ2) is 6.16. The van der Waals surface area contributed by atoms with Crippen LogP contribution in [0, 0.1) is 0 Å². The molecule has 0 radical (unpaired) electrons. The van der Waals surface area contributed by atoms with Crippen LogP contribution in [-0.2, 0) is 10.0 Å². The highest BCUT2D eigenvalue weighted by atomic mass is 32.2.